The van der Waals surface area contributed by atoms with Crippen LogP contribution in [0, 0.1) is 10.8 Å². The number of hydrogen-bond acceptors (Lipinski definition) is 2. The van der Waals surface area contributed by atoms with E-state index in [1.807, 2.05) is 0 Å². The van der Waals surface area contributed by atoms with E-state index in [4.69, 9.17) is 4.99 Å². The maximum absolute atomic E-state index is 10.4. The molecule has 3 fully saturated rings. The molecule has 0 radical (unpaired) electrons. The van der Waals surface area contributed by atoms with Crippen molar-refractivity contribution in [2.75, 3.05) is 6.54 Å². The Morgan fingerprint density at radius 2 is 1.56 bits per heavy atom. The van der Waals surface area contributed by atoms with Crippen LogP contribution in [0.1, 0.15) is 104 Å². The highest BCUT2D eigenvalue weighted by Gasteiger charge is 2.40. The number of aliphatic imine (C=N–C) groups is 1. The molecule has 4 heteroatoms. The third-order valence-corrected chi connectivity index (χ3v) is 6.94. The SMILES string of the molecule is CC1(C)CC(O)CC(C)(CN/C(=N\C2CCCCC2)NC2CCCCC2)C1. The lowest BCUT2D eigenvalue weighted by Crippen LogP contribution is -2.50. The summed E-state index contributed by atoms with van der Waals surface area (Å²) in [4.78, 5) is 5.13. The summed E-state index contributed by atoms with van der Waals surface area (Å²) in [5, 5.41) is 17.9. The van der Waals surface area contributed by atoms with Gasteiger partial charge >= 0.3 is 0 Å². The Morgan fingerprint density at radius 1 is 0.926 bits per heavy atom. The highest BCUT2D eigenvalue weighted by molar-refractivity contribution is 5.80. The Balaban J connectivity index is 1.63. The summed E-state index contributed by atoms with van der Waals surface area (Å²) < 4.78 is 0. The van der Waals surface area contributed by atoms with Crippen LogP contribution in [0.5, 0.6) is 0 Å². The predicted octanol–water partition coefficient (Wildman–Crippen LogP) is 4.76. The molecule has 0 heterocycles. The smallest absolute Gasteiger partial charge is 0.191 e. The van der Waals surface area contributed by atoms with Gasteiger partial charge in [0, 0.05) is 12.6 Å². The molecule has 2 unspecified atom stereocenters. The van der Waals surface area contributed by atoms with Crippen LogP contribution in [-0.4, -0.2) is 35.8 Å². The van der Waals surface area contributed by atoms with E-state index in [0.717, 1.165) is 31.8 Å². The molecule has 3 saturated carbocycles. The minimum absolute atomic E-state index is 0.128. The zero-order chi connectivity index (χ0) is 19.3. The summed E-state index contributed by atoms with van der Waals surface area (Å²) >= 11 is 0. The molecular weight excluding hydrogens is 334 g/mol. The Hall–Kier alpha value is -0.770. The van der Waals surface area contributed by atoms with E-state index >= 15 is 0 Å². The summed E-state index contributed by atoms with van der Waals surface area (Å²) in [6, 6.07) is 1.06. The maximum Gasteiger partial charge on any atom is 0.191 e. The molecule has 0 aromatic carbocycles. The van der Waals surface area contributed by atoms with Gasteiger partial charge in [-0.15, -0.1) is 0 Å². The van der Waals surface area contributed by atoms with E-state index in [1.54, 1.807) is 0 Å². The molecule has 0 aromatic heterocycles. The van der Waals surface area contributed by atoms with Crippen molar-refractivity contribution < 1.29 is 5.11 Å². The van der Waals surface area contributed by atoms with Crippen molar-refractivity contribution in [2.24, 2.45) is 15.8 Å². The van der Waals surface area contributed by atoms with E-state index in [2.05, 4.69) is 31.4 Å². The Bertz CT molecular complexity index is 492. The largest absolute Gasteiger partial charge is 0.393 e. The second kappa shape index (κ2) is 9.15. The van der Waals surface area contributed by atoms with E-state index in [0.29, 0.717) is 12.1 Å². The maximum atomic E-state index is 10.4. The first-order valence-electron chi connectivity index (χ1n) is 11.6. The number of rotatable bonds is 4. The van der Waals surface area contributed by atoms with Crippen molar-refractivity contribution in [3.63, 3.8) is 0 Å². The minimum atomic E-state index is -0.175. The zero-order valence-electron chi connectivity index (χ0n) is 18.0. The van der Waals surface area contributed by atoms with Crippen molar-refractivity contribution in [3.05, 3.63) is 0 Å². The van der Waals surface area contributed by atoms with Gasteiger partial charge in [0.15, 0.2) is 5.96 Å². The van der Waals surface area contributed by atoms with Gasteiger partial charge in [-0.2, -0.15) is 0 Å². The molecule has 0 saturated heterocycles. The van der Waals surface area contributed by atoms with Crippen molar-refractivity contribution in [1.29, 1.82) is 0 Å². The lowest BCUT2D eigenvalue weighted by atomic mass is 9.63. The molecule has 3 aliphatic rings. The fourth-order valence-corrected chi connectivity index (χ4v) is 5.98. The van der Waals surface area contributed by atoms with Gasteiger partial charge in [-0.25, -0.2) is 4.99 Å². The number of nitrogens with zero attached hydrogens (tertiary/aromatic N) is 1. The molecule has 0 aromatic rings. The van der Waals surface area contributed by atoms with Crippen LogP contribution in [0.2, 0.25) is 0 Å². The Morgan fingerprint density at radius 3 is 2.19 bits per heavy atom. The number of guanidine groups is 1. The van der Waals surface area contributed by atoms with Gasteiger partial charge in [0.1, 0.15) is 0 Å². The quantitative estimate of drug-likeness (QED) is 0.489. The number of aliphatic hydroxyl groups is 1. The van der Waals surface area contributed by atoms with Gasteiger partial charge < -0.3 is 15.7 Å². The monoisotopic (exact) mass is 377 g/mol. The van der Waals surface area contributed by atoms with Crippen LogP contribution in [0.3, 0.4) is 0 Å². The van der Waals surface area contributed by atoms with E-state index in [1.165, 1.54) is 64.2 Å². The summed E-state index contributed by atoms with van der Waals surface area (Å²) in [7, 11) is 0. The first-order chi connectivity index (χ1) is 12.8. The van der Waals surface area contributed by atoms with Gasteiger partial charge in [0.25, 0.3) is 0 Å². The second-order valence-electron chi connectivity index (χ2n) is 10.8. The first kappa shape index (κ1) is 21.0. The number of aliphatic hydroxyl groups excluding tert-OH is 1. The van der Waals surface area contributed by atoms with Crippen LogP contribution in [0.25, 0.3) is 0 Å². The van der Waals surface area contributed by atoms with Gasteiger partial charge in [-0.1, -0.05) is 59.3 Å². The van der Waals surface area contributed by atoms with Gasteiger partial charge in [0.2, 0.25) is 0 Å². The van der Waals surface area contributed by atoms with Crippen LogP contribution < -0.4 is 10.6 Å². The van der Waals surface area contributed by atoms with E-state index in [9.17, 15) is 5.11 Å². The number of hydrogen-bond donors (Lipinski definition) is 3. The number of nitrogens with one attached hydrogen (secondary N) is 2. The Kier molecular flexibility index (Phi) is 7.10. The average molecular weight is 378 g/mol. The van der Waals surface area contributed by atoms with Crippen molar-refractivity contribution in [3.8, 4) is 0 Å². The fraction of sp³-hybridized carbons (Fsp3) is 0.957. The normalized spacial score (nSPS) is 33.6. The molecule has 3 N–H and O–H groups in total. The van der Waals surface area contributed by atoms with E-state index < -0.39 is 0 Å². The summed E-state index contributed by atoms with van der Waals surface area (Å²) in [5.74, 6) is 1.04. The third-order valence-electron chi connectivity index (χ3n) is 6.94. The van der Waals surface area contributed by atoms with Crippen LogP contribution in [0.15, 0.2) is 4.99 Å². The lowest BCUT2D eigenvalue weighted by molar-refractivity contribution is -0.00700. The highest BCUT2D eigenvalue weighted by Crippen LogP contribution is 2.45. The minimum Gasteiger partial charge on any atom is -0.393 e. The second-order valence-corrected chi connectivity index (χ2v) is 10.8. The fourth-order valence-electron chi connectivity index (χ4n) is 5.98. The predicted molar refractivity (Wildman–Crippen MR) is 114 cm³/mol. The molecule has 3 aliphatic carbocycles. The van der Waals surface area contributed by atoms with E-state index in [-0.39, 0.29) is 16.9 Å². The highest BCUT2D eigenvalue weighted by atomic mass is 16.3. The molecule has 0 bridgehead atoms. The molecule has 27 heavy (non-hydrogen) atoms. The molecular formula is C23H43N3O. The van der Waals surface area contributed by atoms with Gasteiger partial charge in [-0.05, 0) is 55.8 Å². The Labute approximate surface area is 167 Å². The van der Waals surface area contributed by atoms with Crippen molar-refractivity contribution in [1.82, 2.24) is 10.6 Å². The van der Waals surface area contributed by atoms with Crippen LogP contribution in [0.4, 0.5) is 0 Å². The third kappa shape index (κ3) is 6.66. The molecule has 0 amide bonds. The molecule has 3 rings (SSSR count). The summed E-state index contributed by atoms with van der Waals surface area (Å²) in [6.45, 7) is 7.83. The first-order valence-corrected chi connectivity index (χ1v) is 11.6. The zero-order valence-corrected chi connectivity index (χ0v) is 18.0. The molecule has 4 nitrogen and oxygen atoms in total. The van der Waals surface area contributed by atoms with Gasteiger partial charge in [-0.3, -0.25) is 0 Å². The lowest BCUT2D eigenvalue weighted by Gasteiger charge is -2.45. The van der Waals surface area contributed by atoms with Crippen LogP contribution in [-0.2, 0) is 0 Å². The summed E-state index contributed by atoms with van der Waals surface area (Å²) in [5.41, 5.74) is 0.342. The summed E-state index contributed by atoms with van der Waals surface area (Å²) in [6.07, 6.45) is 15.9. The molecule has 0 aliphatic heterocycles. The molecule has 0 spiro atoms. The molecule has 156 valence electrons. The topological polar surface area (TPSA) is 56.6 Å². The van der Waals surface area contributed by atoms with Gasteiger partial charge in [0.05, 0.1) is 12.1 Å². The van der Waals surface area contributed by atoms with Crippen LogP contribution >= 0.6 is 0 Å². The average Bonchev–Trinajstić information content (AvgIpc) is 2.59. The van der Waals surface area contributed by atoms with Crippen molar-refractivity contribution in [2.45, 2.75) is 122 Å². The van der Waals surface area contributed by atoms with Crippen molar-refractivity contribution >= 4 is 5.96 Å². The standard InChI is InChI=1S/C23H43N3O/c1-22(2)14-20(27)15-23(3,16-22)17-24-21(25-18-10-6-4-7-11-18)26-19-12-8-5-9-13-19/h18-20,27H,4-17H2,1-3H3,(H2,24,25,26). The molecule has 2 atom stereocenters.